The smallest absolute Gasteiger partial charge is 0.313 e. The molecule has 0 atom stereocenters. The van der Waals surface area contributed by atoms with Crippen molar-refractivity contribution in [1.82, 2.24) is 9.97 Å². The number of halogens is 1. The van der Waals surface area contributed by atoms with Crippen LogP contribution in [0.3, 0.4) is 0 Å². The fourth-order valence-corrected chi connectivity index (χ4v) is 0.698. The Hall–Kier alpha value is -1.47. The second-order valence-corrected chi connectivity index (χ2v) is 2.19. The summed E-state index contributed by atoms with van der Waals surface area (Å²) >= 11 is 5.28. The number of nitrogens with one attached hydrogen (secondary N) is 2. The Balaban J connectivity index is 3.19. The molecule has 1 aromatic heterocycles. The highest BCUT2D eigenvalue weighted by molar-refractivity contribution is 6.19. The van der Waals surface area contributed by atoms with Gasteiger partial charge in [0.1, 0.15) is 5.56 Å². The molecule has 0 unspecified atom stereocenters. The van der Waals surface area contributed by atoms with Crippen LogP contribution in [0.4, 0.5) is 0 Å². The minimum Gasteiger partial charge on any atom is -0.313 e. The molecule has 0 spiro atoms. The topological polar surface area (TPSA) is 65.7 Å². The van der Waals surface area contributed by atoms with Gasteiger partial charge in [-0.05, 0) is 0 Å². The van der Waals surface area contributed by atoms with Crippen molar-refractivity contribution >= 4 is 11.6 Å². The number of aromatic amines is 2. The largest absolute Gasteiger partial charge is 0.325 e. The molecule has 1 aromatic rings. The van der Waals surface area contributed by atoms with Crippen LogP contribution in [0, 0.1) is 11.8 Å². The van der Waals surface area contributed by atoms with Crippen LogP contribution in [0.25, 0.3) is 0 Å². The quantitative estimate of drug-likeness (QED) is 0.428. The minimum atomic E-state index is -0.545. The van der Waals surface area contributed by atoms with Gasteiger partial charge in [0, 0.05) is 6.20 Å². The van der Waals surface area contributed by atoms with Crippen LogP contribution in [0.15, 0.2) is 15.8 Å². The fraction of sp³-hybridized carbons (Fsp3) is 0.143. The van der Waals surface area contributed by atoms with Gasteiger partial charge < -0.3 is 4.98 Å². The first-order valence-corrected chi connectivity index (χ1v) is 3.64. The molecule has 0 radical (unpaired) electrons. The third kappa shape index (κ3) is 2.01. The molecule has 1 heterocycles. The van der Waals surface area contributed by atoms with Gasteiger partial charge in [0.15, 0.2) is 0 Å². The molecule has 4 nitrogen and oxygen atoms in total. The lowest BCUT2D eigenvalue weighted by Gasteiger charge is -1.85. The molecular weight excluding hydrogens is 180 g/mol. The fourth-order valence-electron chi connectivity index (χ4n) is 0.631. The van der Waals surface area contributed by atoms with Gasteiger partial charge in [-0.3, -0.25) is 9.78 Å². The molecule has 0 aliphatic rings. The van der Waals surface area contributed by atoms with Crippen molar-refractivity contribution in [3.8, 4) is 11.8 Å². The van der Waals surface area contributed by atoms with Crippen LogP contribution in [0.2, 0.25) is 0 Å². The highest BCUT2D eigenvalue weighted by Crippen LogP contribution is 1.79. The number of aromatic nitrogens is 2. The van der Waals surface area contributed by atoms with Crippen molar-refractivity contribution in [3.05, 3.63) is 32.6 Å². The molecule has 0 saturated carbocycles. The Bertz CT molecular complexity index is 435. The molecule has 0 aliphatic carbocycles. The molecule has 5 heteroatoms. The summed E-state index contributed by atoms with van der Waals surface area (Å²) in [7, 11) is 0. The maximum absolute atomic E-state index is 10.9. The number of hydrogen-bond donors (Lipinski definition) is 2. The van der Waals surface area contributed by atoms with Crippen molar-refractivity contribution in [3.63, 3.8) is 0 Å². The second kappa shape index (κ2) is 3.79. The molecule has 0 amide bonds. The Morgan fingerprint density at radius 3 is 2.83 bits per heavy atom. The van der Waals surface area contributed by atoms with E-state index in [9.17, 15) is 9.59 Å². The predicted molar refractivity (Wildman–Crippen MR) is 45.3 cm³/mol. The van der Waals surface area contributed by atoms with Crippen molar-refractivity contribution in [1.29, 1.82) is 0 Å². The van der Waals surface area contributed by atoms with E-state index in [1.165, 1.54) is 6.20 Å². The van der Waals surface area contributed by atoms with Gasteiger partial charge in [0.25, 0.3) is 5.56 Å². The molecule has 0 aromatic carbocycles. The van der Waals surface area contributed by atoms with E-state index >= 15 is 0 Å². The number of H-pyrrole nitrogens is 2. The van der Waals surface area contributed by atoms with E-state index in [0.717, 1.165) is 0 Å². The van der Waals surface area contributed by atoms with Gasteiger partial charge in [0.05, 0.1) is 5.88 Å². The van der Waals surface area contributed by atoms with E-state index < -0.39 is 11.2 Å². The zero-order valence-corrected chi connectivity index (χ0v) is 6.73. The lowest BCUT2D eigenvalue weighted by molar-refractivity contribution is 1.03. The van der Waals surface area contributed by atoms with Gasteiger partial charge in [0.2, 0.25) is 0 Å². The van der Waals surface area contributed by atoms with Gasteiger partial charge in [-0.2, -0.15) is 0 Å². The molecule has 62 valence electrons. The summed E-state index contributed by atoms with van der Waals surface area (Å²) < 4.78 is 0. The van der Waals surface area contributed by atoms with Crippen molar-refractivity contribution < 1.29 is 0 Å². The highest BCUT2D eigenvalue weighted by Gasteiger charge is 1.93. The summed E-state index contributed by atoms with van der Waals surface area (Å²) in [4.78, 5) is 25.8. The maximum Gasteiger partial charge on any atom is 0.325 e. The number of rotatable bonds is 0. The number of hydrogen-bond acceptors (Lipinski definition) is 2. The normalized spacial score (nSPS) is 8.75. The van der Waals surface area contributed by atoms with E-state index in [2.05, 4.69) is 16.8 Å². The van der Waals surface area contributed by atoms with E-state index in [0.29, 0.717) is 0 Å². The molecule has 12 heavy (non-hydrogen) atoms. The summed E-state index contributed by atoms with van der Waals surface area (Å²) in [5.41, 5.74) is -0.844. The summed E-state index contributed by atoms with van der Waals surface area (Å²) in [5.74, 6) is 5.14. The van der Waals surface area contributed by atoms with Crippen molar-refractivity contribution in [2.75, 3.05) is 5.88 Å². The first-order chi connectivity index (χ1) is 5.74. The molecule has 0 bridgehead atoms. The van der Waals surface area contributed by atoms with Gasteiger partial charge >= 0.3 is 5.69 Å². The maximum atomic E-state index is 10.9. The summed E-state index contributed by atoms with van der Waals surface area (Å²) in [6.45, 7) is 0. The minimum absolute atomic E-state index is 0.151. The monoisotopic (exact) mass is 184 g/mol. The standard InChI is InChI=1S/C7H5ClN2O2/c8-3-1-2-5-4-9-7(12)10-6(5)11/h4H,3H2,(H2,9,10,11,12). The van der Waals surface area contributed by atoms with E-state index in [4.69, 9.17) is 11.6 Å². The van der Waals surface area contributed by atoms with E-state index in [1.807, 2.05) is 4.98 Å². The molecule has 1 rings (SSSR count). The summed E-state index contributed by atoms with van der Waals surface area (Å²) in [6, 6.07) is 0. The average Bonchev–Trinajstić information content (AvgIpc) is 2.03. The van der Waals surface area contributed by atoms with Crippen LogP contribution in [0.1, 0.15) is 5.56 Å². The summed E-state index contributed by atoms with van der Waals surface area (Å²) in [6.07, 6.45) is 1.25. The van der Waals surface area contributed by atoms with Crippen LogP contribution < -0.4 is 11.2 Å². The summed E-state index contributed by atoms with van der Waals surface area (Å²) in [5, 5.41) is 0. The lowest BCUT2D eigenvalue weighted by Crippen LogP contribution is -2.23. The van der Waals surface area contributed by atoms with Crippen LogP contribution in [-0.4, -0.2) is 15.8 Å². The van der Waals surface area contributed by atoms with Crippen molar-refractivity contribution in [2.24, 2.45) is 0 Å². The van der Waals surface area contributed by atoms with Gasteiger partial charge in [-0.1, -0.05) is 11.8 Å². The molecule has 0 saturated heterocycles. The van der Waals surface area contributed by atoms with Crippen LogP contribution >= 0.6 is 11.6 Å². The SMILES string of the molecule is O=c1[nH]cc(C#CCCl)c(=O)[nH]1. The first kappa shape index (κ1) is 8.62. The van der Waals surface area contributed by atoms with Crippen molar-refractivity contribution in [2.45, 2.75) is 0 Å². The molecular formula is C7H5ClN2O2. The number of alkyl halides is 1. The zero-order valence-electron chi connectivity index (χ0n) is 5.98. The predicted octanol–water partition coefficient (Wildman–Crippen LogP) is -0.346. The Labute approximate surface area is 72.6 Å². The Morgan fingerprint density at radius 2 is 2.25 bits per heavy atom. The van der Waals surface area contributed by atoms with Gasteiger partial charge in [-0.15, -0.1) is 11.6 Å². The average molecular weight is 185 g/mol. The molecule has 0 fully saturated rings. The third-order valence-electron chi connectivity index (χ3n) is 1.11. The van der Waals surface area contributed by atoms with E-state index in [-0.39, 0.29) is 11.4 Å². The van der Waals surface area contributed by atoms with E-state index in [1.54, 1.807) is 0 Å². The second-order valence-electron chi connectivity index (χ2n) is 1.92. The first-order valence-electron chi connectivity index (χ1n) is 3.11. The van der Waals surface area contributed by atoms with Crippen LogP contribution in [-0.2, 0) is 0 Å². The third-order valence-corrected chi connectivity index (χ3v) is 1.24. The highest BCUT2D eigenvalue weighted by atomic mass is 35.5. The Kier molecular flexibility index (Phi) is 2.72. The lowest BCUT2D eigenvalue weighted by atomic mass is 10.3. The van der Waals surface area contributed by atoms with Gasteiger partial charge in [-0.25, -0.2) is 4.79 Å². The molecule has 2 N–H and O–H groups in total. The molecule has 0 aliphatic heterocycles. The Morgan fingerprint density at radius 1 is 1.50 bits per heavy atom. The van der Waals surface area contributed by atoms with Crippen LogP contribution in [0.5, 0.6) is 0 Å². The zero-order chi connectivity index (χ0) is 8.97.